The minimum atomic E-state index is -0.173. The average Bonchev–Trinajstić information content (AvgIpc) is 3.01. The summed E-state index contributed by atoms with van der Waals surface area (Å²) in [5.74, 6) is -0.173. The van der Waals surface area contributed by atoms with E-state index < -0.39 is 0 Å². The molecule has 1 amide bonds. The number of hydrogen-bond donors (Lipinski definition) is 1. The predicted octanol–water partition coefficient (Wildman–Crippen LogP) is 2.92. The summed E-state index contributed by atoms with van der Waals surface area (Å²) < 4.78 is 3.59. The molecule has 0 saturated carbocycles. The molecule has 7 heteroatoms. The van der Waals surface area contributed by atoms with Crippen molar-refractivity contribution in [3.05, 3.63) is 34.9 Å². The zero-order valence-electron chi connectivity index (χ0n) is 14.9. The summed E-state index contributed by atoms with van der Waals surface area (Å²) in [5, 5.41) is 12.5. The third kappa shape index (κ3) is 2.55. The molecule has 3 heterocycles. The molecule has 0 saturated heterocycles. The molecule has 126 valence electrons. The minimum absolute atomic E-state index is 0.173. The summed E-state index contributed by atoms with van der Waals surface area (Å²) in [5.41, 5.74) is 4.54. The Labute approximate surface area is 140 Å². The summed E-state index contributed by atoms with van der Waals surface area (Å²) >= 11 is 0. The van der Waals surface area contributed by atoms with Gasteiger partial charge in [-0.25, -0.2) is 9.67 Å². The molecular weight excluding hydrogens is 304 g/mol. The first kappa shape index (κ1) is 16.2. The van der Waals surface area contributed by atoms with Crippen LogP contribution in [-0.4, -0.2) is 30.5 Å². The highest BCUT2D eigenvalue weighted by Gasteiger charge is 2.20. The monoisotopic (exact) mass is 326 g/mol. The number of carbonyl (C=O) groups is 1. The maximum absolute atomic E-state index is 12.9. The number of fused-ring (bicyclic) bond motifs is 1. The predicted molar refractivity (Wildman–Crippen MR) is 93.3 cm³/mol. The maximum atomic E-state index is 12.9. The first-order chi connectivity index (χ1) is 11.3. The van der Waals surface area contributed by atoms with Crippen LogP contribution in [0.2, 0.25) is 0 Å². The summed E-state index contributed by atoms with van der Waals surface area (Å²) in [4.78, 5) is 17.5. The lowest BCUT2D eigenvalue weighted by Gasteiger charge is -2.09. The van der Waals surface area contributed by atoms with Gasteiger partial charge in [0.25, 0.3) is 5.91 Å². The summed E-state index contributed by atoms with van der Waals surface area (Å²) in [6.45, 7) is 9.81. The SMILES string of the molecule is Cc1cc(C(=O)Nc2cnn(C)c2C)c2c(C)nn(C(C)C)c2n1. The molecule has 0 spiro atoms. The van der Waals surface area contributed by atoms with E-state index in [0.717, 1.165) is 28.1 Å². The Hall–Kier alpha value is -2.70. The molecule has 7 nitrogen and oxygen atoms in total. The van der Waals surface area contributed by atoms with Crippen LogP contribution < -0.4 is 5.32 Å². The van der Waals surface area contributed by atoms with Gasteiger partial charge in [0.2, 0.25) is 0 Å². The summed E-state index contributed by atoms with van der Waals surface area (Å²) in [6.07, 6.45) is 1.66. The Morgan fingerprint density at radius 3 is 2.54 bits per heavy atom. The van der Waals surface area contributed by atoms with Crippen molar-refractivity contribution < 1.29 is 4.79 Å². The van der Waals surface area contributed by atoms with E-state index in [0.29, 0.717) is 11.3 Å². The molecule has 3 aromatic heterocycles. The normalized spacial score (nSPS) is 11.5. The molecule has 3 rings (SSSR count). The van der Waals surface area contributed by atoms with Crippen LogP contribution in [0.15, 0.2) is 12.3 Å². The number of nitrogens with zero attached hydrogens (tertiary/aromatic N) is 5. The van der Waals surface area contributed by atoms with Crippen LogP contribution in [0.5, 0.6) is 0 Å². The van der Waals surface area contributed by atoms with Crippen LogP contribution in [0.25, 0.3) is 11.0 Å². The Kier molecular flexibility index (Phi) is 3.87. The van der Waals surface area contributed by atoms with Crippen LogP contribution in [0.4, 0.5) is 5.69 Å². The second kappa shape index (κ2) is 5.74. The van der Waals surface area contributed by atoms with Crippen molar-refractivity contribution in [2.24, 2.45) is 7.05 Å². The molecule has 0 aliphatic carbocycles. The van der Waals surface area contributed by atoms with Gasteiger partial charge < -0.3 is 5.32 Å². The highest BCUT2D eigenvalue weighted by atomic mass is 16.1. The van der Waals surface area contributed by atoms with Crippen molar-refractivity contribution in [1.82, 2.24) is 24.5 Å². The van der Waals surface area contributed by atoms with Crippen LogP contribution in [-0.2, 0) is 7.05 Å². The van der Waals surface area contributed by atoms with E-state index in [1.807, 2.05) is 38.6 Å². The van der Waals surface area contributed by atoms with Crippen molar-refractivity contribution in [2.75, 3.05) is 5.32 Å². The molecule has 0 aliphatic heterocycles. The maximum Gasteiger partial charge on any atom is 0.256 e. The van der Waals surface area contributed by atoms with E-state index in [9.17, 15) is 4.79 Å². The van der Waals surface area contributed by atoms with Crippen molar-refractivity contribution >= 4 is 22.6 Å². The Bertz CT molecular complexity index is 934. The lowest BCUT2D eigenvalue weighted by molar-refractivity contribution is 0.102. The quantitative estimate of drug-likeness (QED) is 0.803. The number of aromatic nitrogens is 5. The molecule has 24 heavy (non-hydrogen) atoms. The summed E-state index contributed by atoms with van der Waals surface area (Å²) in [6, 6.07) is 1.98. The second-order valence-electron chi connectivity index (χ2n) is 6.35. The lowest BCUT2D eigenvalue weighted by Crippen LogP contribution is -2.14. The standard InChI is InChI=1S/C17H22N6O/c1-9(2)23-16-15(11(4)21-23)13(7-10(3)19-16)17(24)20-14-8-18-22(6)12(14)5/h7-9H,1-6H3,(H,20,24). The Balaban J connectivity index is 2.12. The van der Waals surface area contributed by atoms with Crippen LogP contribution in [0.1, 0.15) is 47.3 Å². The zero-order valence-corrected chi connectivity index (χ0v) is 14.9. The largest absolute Gasteiger partial charge is 0.319 e. The van der Waals surface area contributed by atoms with E-state index in [2.05, 4.69) is 34.3 Å². The highest BCUT2D eigenvalue weighted by molar-refractivity contribution is 6.12. The highest BCUT2D eigenvalue weighted by Crippen LogP contribution is 2.25. The summed E-state index contributed by atoms with van der Waals surface area (Å²) in [7, 11) is 1.84. The number of rotatable bonds is 3. The Morgan fingerprint density at radius 2 is 1.96 bits per heavy atom. The van der Waals surface area contributed by atoms with Gasteiger partial charge in [-0.2, -0.15) is 10.2 Å². The van der Waals surface area contributed by atoms with E-state index in [1.54, 1.807) is 10.9 Å². The number of pyridine rings is 1. The molecule has 0 bridgehead atoms. The van der Waals surface area contributed by atoms with Crippen molar-refractivity contribution in [1.29, 1.82) is 0 Å². The van der Waals surface area contributed by atoms with E-state index >= 15 is 0 Å². The van der Waals surface area contributed by atoms with Gasteiger partial charge in [-0.15, -0.1) is 0 Å². The Morgan fingerprint density at radius 1 is 1.25 bits per heavy atom. The van der Waals surface area contributed by atoms with Gasteiger partial charge >= 0.3 is 0 Å². The molecule has 0 aliphatic rings. The van der Waals surface area contributed by atoms with Gasteiger partial charge in [0.1, 0.15) is 0 Å². The molecule has 3 aromatic rings. The van der Waals surface area contributed by atoms with Gasteiger partial charge in [0.15, 0.2) is 5.65 Å². The number of hydrogen-bond acceptors (Lipinski definition) is 4. The first-order valence-corrected chi connectivity index (χ1v) is 7.96. The fourth-order valence-corrected chi connectivity index (χ4v) is 2.79. The van der Waals surface area contributed by atoms with E-state index in [1.165, 1.54) is 0 Å². The fourth-order valence-electron chi connectivity index (χ4n) is 2.79. The number of aryl methyl sites for hydroxylation is 3. The average molecular weight is 326 g/mol. The number of nitrogens with one attached hydrogen (secondary N) is 1. The van der Waals surface area contributed by atoms with E-state index in [-0.39, 0.29) is 11.9 Å². The lowest BCUT2D eigenvalue weighted by atomic mass is 10.1. The minimum Gasteiger partial charge on any atom is -0.319 e. The molecule has 0 fully saturated rings. The van der Waals surface area contributed by atoms with Crippen LogP contribution in [0.3, 0.4) is 0 Å². The fraction of sp³-hybridized carbons (Fsp3) is 0.412. The molecule has 0 atom stereocenters. The zero-order chi connectivity index (χ0) is 17.6. The smallest absolute Gasteiger partial charge is 0.256 e. The first-order valence-electron chi connectivity index (χ1n) is 7.96. The van der Waals surface area contributed by atoms with Gasteiger partial charge in [0.05, 0.1) is 34.2 Å². The number of amides is 1. The molecule has 0 unspecified atom stereocenters. The van der Waals surface area contributed by atoms with Gasteiger partial charge in [-0.05, 0) is 40.7 Å². The van der Waals surface area contributed by atoms with Crippen molar-refractivity contribution in [3.63, 3.8) is 0 Å². The van der Waals surface area contributed by atoms with Crippen molar-refractivity contribution in [3.8, 4) is 0 Å². The number of anilines is 1. The van der Waals surface area contributed by atoms with E-state index in [4.69, 9.17) is 0 Å². The molecule has 1 N–H and O–H groups in total. The van der Waals surface area contributed by atoms with Gasteiger partial charge in [0, 0.05) is 18.8 Å². The molecular formula is C17H22N6O. The molecule has 0 radical (unpaired) electrons. The third-order valence-electron chi connectivity index (χ3n) is 4.18. The topological polar surface area (TPSA) is 77.6 Å². The number of carbonyl (C=O) groups excluding carboxylic acids is 1. The van der Waals surface area contributed by atoms with Crippen LogP contribution in [0, 0.1) is 20.8 Å². The van der Waals surface area contributed by atoms with Gasteiger partial charge in [-0.3, -0.25) is 9.48 Å². The van der Waals surface area contributed by atoms with Crippen molar-refractivity contribution in [2.45, 2.75) is 40.7 Å². The third-order valence-corrected chi connectivity index (χ3v) is 4.18. The molecule has 0 aromatic carbocycles. The van der Waals surface area contributed by atoms with Gasteiger partial charge in [-0.1, -0.05) is 0 Å². The second-order valence-corrected chi connectivity index (χ2v) is 6.35. The van der Waals surface area contributed by atoms with Crippen LogP contribution >= 0.6 is 0 Å².